The van der Waals surface area contributed by atoms with E-state index in [-0.39, 0.29) is 20.9 Å². The summed E-state index contributed by atoms with van der Waals surface area (Å²) in [6.07, 6.45) is 0. The first kappa shape index (κ1) is 8.11. The molecule has 0 bridgehead atoms. The van der Waals surface area contributed by atoms with Crippen molar-refractivity contribution in [2.24, 2.45) is 0 Å². The number of carbonyl (C=O) groups excluding carboxylic acids is 1. The zero-order valence-electron chi connectivity index (χ0n) is 6.13. The predicted octanol–water partition coefficient (Wildman–Crippen LogP) is 1.04. The third-order valence-electron chi connectivity index (χ3n) is 1.57. The van der Waals surface area contributed by atoms with Crippen LogP contribution in [0.1, 0.15) is 0 Å². The minimum absolute atomic E-state index is 0.102. The van der Waals surface area contributed by atoms with Crippen LogP contribution in [0.4, 0.5) is 5.69 Å². The number of hydrogen-bond donors (Lipinski definition) is 1. The van der Waals surface area contributed by atoms with Gasteiger partial charge < -0.3 is 0 Å². The molecule has 1 aromatic carbocycles. The van der Waals surface area contributed by atoms with Gasteiger partial charge in [-0.1, -0.05) is 0 Å². The second-order valence-corrected chi connectivity index (χ2v) is 5.05. The zero-order valence-corrected chi connectivity index (χ0v) is 8.60. The number of rotatable bonds is 0. The number of halogens is 1. The van der Waals surface area contributed by atoms with Crippen LogP contribution in [0.5, 0.6) is 0 Å². The van der Waals surface area contributed by atoms with Gasteiger partial charge in [-0.15, -0.1) is 0 Å². The SMILES string of the molecule is O=C1C[Se]c2ccc(Cl)cc2N1. The first-order chi connectivity index (χ1) is 5.75. The number of benzene rings is 1. The molecule has 4 heteroatoms. The second-order valence-electron chi connectivity index (χ2n) is 2.48. The van der Waals surface area contributed by atoms with E-state index >= 15 is 0 Å². The van der Waals surface area contributed by atoms with E-state index in [9.17, 15) is 4.79 Å². The Kier molecular flexibility index (Phi) is 2.09. The van der Waals surface area contributed by atoms with Gasteiger partial charge in [-0.3, -0.25) is 0 Å². The van der Waals surface area contributed by atoms with Crippen molar-refractivity contribution in [1.29, 1.82) is 0 Å². The standard InChI is InChI=1S/C8H6ClNOSe/c9-5-1-2-7-6(3-5)10-8(11)4-12-7/h1-3H,4H2,(H,10,11). The summed E-state index contributed by atoms with van der Waals surface area (Å²) in [7, 11) is 0. The fraction of sp³-hybridized carbons (Fsp3) is 0.125. The van der Waals surface area contributed by atoms with Crippen LogP contribution in [0.2, 0.25) is 10.3 Å². The van der Waals surface area contributed by atoms with E-state index in [1.54, 1.807) is 6.07 Å². The van der Waals surface area contributed by atoms with Crippen LogP contribution >= 0.6 is 11.6 Å². The molecule has 62 valence electrons. The summed E-state index contributed by atoms with van der Waals surface area (Å²) in [4.78, 5) is 11.0. The van der Waals surface area contributed by atoms with Gasteiger partial charge in [-0.05, 0) is 0 Å². The number of carbonyl (C=O) groups is 1. The molecule has 1 amide bonds. The van der Waals surface area contributed by atoms with Gasteiger partial charge in [-0.25, -0.2) is 0 Å². The first-order valence-corrected chi connectivity index (χ1v) is 5.92. The molecule has 1 N–H and O–H groups in total. The Labute approximate surface area is 81.5 Å². The molecule has 1 heterocycles. The van der Waals surface area contributed by atoms with Crippen molar-refractivity contribution < 1.29 is 4.79 Å². The molecule has 0 radical (unpaired) electrons. The molecule has 0 unspecified atom stereocenters. The Hall–Kier alpha value is -0.501. The normalized spacial score (nSPS) is 15.2. The van der Waals surface area contributed by atoms with Gasteiger partial charge in [0.15, 0.2) is 0 Å². The third kappa shape index (κ3) is 1.48. The van der Waals surface area contributed by atoms with Crippen molar-refractivity contribution in [2.45, 2.75) is 5.32 Å². The molecule has 0 aromatic heterocycles. The Bertz CT molecular complexity index is 340. The van der Waals surface area contributed by atoms with Gasteiger partial charge in [-0.2, -0.15) is 0 Å². The number of anilines is 1. The van der Waals surface area contributed by atoms with Crippen molar-refractivity contribution >= 4 is 42.6 Å². The zero-order chi connectivity index (χ0) is 8.55. The molecule has 1 aliphatic rings. The molecule has 2 nitrogen and oxygen atoms in total. The molecule has 12 heavy (non-hydrogen) atoms. The molecule has 0 spiro atoms. The summed E-state index contributed by atoms with van der Waals surface area (Å²) < 4.78 is 1.23. The van der Waals surface area contributed by atoms with Crippen molar-refractivity contribution in [1.82, 2.24) is 0 Å². The first-order valence-electron chi connectivity index (χ1n) is 3.48. The number of amides is 1. The molecule has 0 saturated heterocycles. The molecule has 0 saturated carbocycles. The van der Waals surface area contributed by atoms with Crippen molar-refractivity contribution in [3.63, 3.8) is 0 Å². The van der Waals surface area contributed by atoms with E-state index in [1.807, 2.05) is 12.1 Å². The van der Waals surface area contributed by atoms with Crippen LogP contribution < -0.4 is 9.78 Å². The number of fused-ring (bicyclic) bond motifs is 1. The molecule has 0 fully saturated rings. The number of nitrogens with one attached hydrogen (secondary N) is 1. The molecular weight excluding hydrogens is 241 g/mol. The van der Waals surface area contributed by atoms with Gasteiger partial charge in [0.25, 0.3) is 0 Å². The topological polar surface area (TPSA) is 29.1 Å². The van der Waals surface area contributed by atoms with Gasteiger partial charge in [0.1, 0.15) is 0 Å². The molecule has 1 aromatic rings. The molecule has 2 rings (SSSR count). The van der Waals surface area contributed by atoms with Gasteiger partial charge in [0, 0.05) is 0 Å². The summed E-state index contributed by atoms with van der Waals surface area (Å²) in [6.45, 7) is 0. The van der Waals surface area contributed by atoms with Crippen LogP contribution in [0.3, 0.4) is 0 Å². The van der Waals surface area contributed by atoms with Crippen LogP contribution in [-0.2, 0) is 4.79 Å². The van der Waals surface area contributed by atoms with Crippen LogP contribution in [0, 0.1) is 0 Å². The maximum absolute atomic E-state index is 11.0. The second kappa shape index (κ2) is 3.09. The summed E-state index contributed by atoms with van der Waals surface area (Å²) in [5, 5.41) is 4.11. The Balaban J connectivity index is 2.44. The monoisotopic (exact) mass is 247 g/mol. The van der Waals surface area contributed by atoms with Crippen molar-refractivity contribution in [3.8, 4) is 0 Å². The fourth-order valence-electron chi connectivity index (χ4n) is 1.06. The average Bonchev–Trinajstić information content (AvgIpc) is 2.03. The van der Waals surface area contributed by atoms with Crippen molar-refractivity contribution in [2.75, 3.05) is 5.32 Å². The van der Waals surface area contributed by atoms with Crippen LogP contribution in [-0.4, -0.2) is 20.9 Å². The predicted molar refractivity (Wildman–Crippen MR) is 50.3 cm³/mol. The van der Waals surface area contributed by atoms with Gasteiger partial charge in [0.2, 0.25) is 0 Å². The quantitative estimate of drug-likeness (QED) is 0.681. The average molecular weight is 247 g/mol. The molecule has 0 atom stereocenters. The maximum atomic E-state index is 11.0. The van der Waals surface area contributed by atoms with E-state index in [4.69, 9.17) is 11.6 Å². The van der Waals surface area contributed by atoms with Gasteiger partial charge in [0.05, 0.1) is 0 Å². The Morgan fingerprint density at radius 3 is 3.17 bits per heavy atom. The summed E-state index contributed by atoms with van der Waals surface area (Å²) in [6, 6.07) is 5.65. The van der Waals surface area contributed by atoms with E-state index in [2.05, 4.69) is 5.32 Å². The molecule has 0 aliphatic carbocycles. The summed E-state index contributed by atoms with van der Waals surface area (Å²) >= 11 is 6.06. The summed E-state index contributed by atoms with van der Waals surface area (Å²) in [5.41, 5.74) is 0.888. The number of hydrogen-bond acceptors (Lipinski definition) is 1. The summed E-state index contributed by atoms with van der Waals surface area (Å²) in [5.74, 6) is 0.102. The van der Waals surface area contributed by atoms with E-state index in [1.165, 1.54) is 4.46 Å². The van der Waals surface area contributed by atoms with E-state index in [0.29, 0.717) is 10.3 Å². The fourth-order valence-corrected chi connectivity index (χ4v) is 2.88. The molecular formula is C8H6ClNOSe. The van der Waals surface area contributed by atoms with Crippen LogP contribution in [0.15, 0.2) is 18.2 Å². The van der Waals surface area contributed by atoms with Crippen molar-refractivity contribution in [3.05, 3.63) is 23.2 Å². The third-order valence-corrected chi connectivity index (χ3v) is 4.06. The molecule has 1 aliphatic heterocycles. The Morgan fingerprint density at radius 1 is 1.50 bits per heavy atom. The van der Waals surface area contributed by atoms with E-state index < -0.39 is 0 Å². The van der Waals surface area contributed by atoms with Crippen LogP contribution in [0.25, 0.3) is 0 Å². The minimum atomic E-state index is 0.102. The Morgan fingerprint density at radius 2 is 2.33 bits per heavy atom. The van der Waals surface area contributed by atoms with Gasteiger partial charge >= 0.3 is 81.3 Å². The van der Waals surface area contributed by atoms with E-state index in [0.717, 1.165) is 5.69 Å².